The Hall–Kier alpha value is -2.96. The summed E-state index contributed by atoms with van der Waals surface area (Å²) in [7, 11) is 4.57. The minimum Gasteiger partial charge on any atom is -0.493 e. The molecule has 144 valence electrons. The van der Waals surface area contributed by atoms with Gasteiger partial charge in [-0.05, 0) is 24.6 Å². The largest absolute Gasteiger partial charge is 0.493 e. The van der Waals surface area contributed by atoms with Crippen molar-refractivity contribution in [1.82, 2.24) is 9.88 Å². The predicted octanol–water partition coefficient (Wildman–Crippen LogP) is 2.71. The number of benzene rings is 1. The third-order valence-corrected chi connectivity index (χ3v) is 4.54. The normalized spacial score (nSPS) is 16.1. The molecule has 1 saturated heterocycles. The fraction of sp³-hybridized carbons (Fsp3) is 0.400. The highest BCUT2D eigenvalue weighted by Gasteiger charge is 2.31. The van der Waals surface area contributed by atoms with E-state index in [0.29, 0.717) is 41.8 Å². The Bertz CT molecular complexity index is 807. The van der Waals surface area contributed by atoms with Gasteiger partial charge in [0.2, 0.25) is 11.6 Å². The Morgan fingerprint density at radius 3 is 2.48 bits per heavy atom. The fourth-order valence-corrected chi connectivity index (χ4v) is 3.14. The average molecular weight is 372 g/mol. The number of methoxy groups -OCH3 is 3. The van der Waals surface area contributed by atoms with Gasteiger partial charge in [-0.25, -0.2) is 4.98 Å². The first kappa shape index (κ1) is 18.8. The highest BCUT2D eigenvalue weighted by Crippen LogP contribution is 2.40. The van der Waals surface area contributed by atoms with Gasteiger partial charge in [-0.15, -0.1) is 0 Å². The quantitative estimate of drug-likeness (QED) is 0.777. The van der Waals surface area contributed by atoms with Crippen molar-refractivity contribution in [2.24, 2.45) is 0 Å². The number of pyridine rings is 1. The number of aromatic nitrogens is 1. The molecular formula is C20H24N2O5. The molecule has 2 heterocycles. The molecule has 2 aromatic rings. The number of rotatable bonds is 6. The van der Waals surface area contributed by atoms with Crippen LogP contribution in [0.1, 0.15) is 22.3 Å². The maximum absolute atomic E-state index is 13.0. The maximum Gasteiger partial charge on any atom is 0.257 e. The van der Waals surface area contributed by atoms with Crippen LogP contribution in [-0.4, -0.2) is 56.3 Å². The van der Waals surface area contributed by atoms with E-state index < -0.39 is 0 Å². The Kier molecular flexibility index (Phi) is 5.69. The minimum atomic E-state index is -0.129. The van der Waals surface area contributed by atoms with Gasteiger partial charge in [-0.2, -0.15) is 0 Å². The third kappa shape index (κ3) is 3.92. The molecule has 0 bridgehead atoms. The van der Waals surface area contributed by atoms with Gasteiger partial charge >= 0.3 is 0 Å². The van der Waals surface area contributed by atoms with Crippen LogP contribution >= 0.6 is 0 Å². The van der Waals surface area contributed by atoms with Gasteiger partial charge in [-0.3, -0.25) is 4.79 Å². The first-order valence-electron chi connectivity index (χ1n) is 8.75. The molecule has 1 unspecified atom stereocenters. The van der Waals surface area contributed by atoms with Gasteiger partial charge < -0.3 is 23.8 Å². The second kappa shape index (κ2) is 8.16. The molecule has 0 saturated carbocycles. The third-order valence-electron chi connectivity index (χ3n) is 4.54. The van der Waals surface area contributed by atoms with Crippen molar-refractivity contribution in [3.8, 4) is 23.1 Å². The first-order chi connectivity index (χ1) is 13.1. The van der Waals surface area contributed by atoms with Crippen LogP contribution in [0, 0.1) is 6.92 Å². The van der Waals surface area contributed by atoms with Gasteiger partial charge in [0.15, 0.2) is 11.5 Å². The molecule has 1 aliphatic heterocycles. The molecule has 27 heavy (non-hydrogen) atoms. The van der Waals surface area contributed by atoms with E-state index in [9.17, 15) is 4.79 Å². The molecule has 1 aliphatic rings. The van der Waals surface area contributed by atoms with E-state index >= 15 is 0 Å². The lowest BCUT2D eigenvalue weighted by atomic mass is 10.1. The van der Waals surface area contributed by atoms with E-state index in [1.807, 2.05) is 19.1 Å². The van der Waals surface area contributed by atoms with Crippen LogP contribution in [0.3, 0.4) is 0 Å². The van der Waals surface area contributed by atoms with Crippen LogP contribution in [0.15, 0.2) is 30.5 Å². The lowest BCUT2D eigenvalue weighted by Crippen LogP contribution is -2.31. The zero-order chi connectivity index (χ0) is 19.4. The van der Waals surface area contributed by atoms with E-state index in [1.54, 1.807) is 30.3 Å². The Balaban J connectivity index is 1.74. The zero-order valence-corrected chi connectivity index (χ0v) is 16.0. The topological polar surface area (TPSA) is 70.1 Å². The molecule has 0 radical (unpaired) electrons. The van der Waals surface area contributed by atoms with E-state index in [0.717, 1.165) is 12.0 Å². The highest BCUT2D eigenvalue weighted by molar-refractivity contribution is 5.98. The van der Waals surface area contributed by atoms with Gasteiger partial charge in [0.1, 0.15) is 6.10 Å². The number of carbonyl (C=O) groups is 1. The Morgan fingerprint density at radius 1 is 1.07 bits per heavy atom. The lowest BCUT2D eigenvalue weighted by Gasteiger charge is -2.20. The van der Waals surface area contributed by atoms with Gasteiger partial charge in [0, 0.05) is 25.2 Å². The smallest absolute Gasteiger partial charge is 0.257 e. The summed E-state index contributed by atoms with van der Waals surface area (Å²) in [6.45, 7) is 3.07. The van der Waals surface area contributed by atoms with Crippen LogP contribution in [0.4, 0.5) is 0 Å². The van der Waals surface area contributed by atoms with E-state index in [1.165, 1.54) is 14.2 Å². The number of ether oxygens (including phenoxy) is 4. The van der Waals surface area contributed by atoms with Gasteiger partial charge in [0.05, 0.1) is 33.4 Å². The fourth-order valence-electron chi connectivity index (χ4n) is 3.14. The summed E-state index contributed by atoms with van der Waals surface area (Å²) < 4.78 is 22.0. The standard InChI is InChI=1S/C20H24N2O5/c1-13-5-8-17(21-11-13)27-14-9-10-22(12-14)20(23)15-6-7-16(24-2)19(26-4)18(15)25-3/h5-8,11,14H,9-10,12H2,1-4H3. The number of hydrogen-bond acceptors (Lipinski definition) is 6. The van der Waals surface area contributed by atoms with Crippen LogP contribution in [0.2, 0.25) is 0 Å². The molecule has 0 N–H and O–H groups in total. The van der Waals surface area contributed by atoms with Crippen LogP contribution in [-0.2, 0) is 0 Å². The zero-order valence-electron chi connectivity index (χ0n) is 16.0. The van der Waals surface area contributed by atoms with Crippen molar-refractivity contribution >= 4 is 5.91 Å². The summed E-state index contributed by atoms with van der Waals surface area (Å²) in [5.41, 5.74) is 1.51. The van der Waals surface area contributed by atoms with Crippen molar-refractivity contribution < 1.29 is 23.7 Å². The van der Waals surface area contributed by atoms with E-state index in [2.05, 4.69) is 4.98 Å². The molecule has 1 atom stereocenters. The van der Waals surface area contributed by atoms with Gasteiger partial charge in [-0.1, -0.05) is 6.07 Å². The number of likely N-dealkylation sites (tertiary alicyclic amines) is 1. The maximum atomic E-state index is 13.0. The highest BCUT2D eigenvalue weighted by atomic mass is 16.5. The molecular weight excluding hydrogens is 348 g/mol. The molecule has 0 spiro atoms. The van der Waals surface area contributed by atoms with Crippen molar-refractivity contribution in [2.75, 3.05) is 34.4 Å². The summed E-state index contributed by atoms with van der Waals surface area (Å²) in [4.78, 5) is 19.0. The van der Waals surface area contributed by atoms with Crippen molar-refractivity contribution in [3.05, 3.63) is 41.6 Å². The SMILES string of the molecule is COc1ccc(C(=O)N2CCC(Oc3ccc(C)cn3)C2)c(OC)c1OC. The lowest BCUT2D eigenvalue weighted by molar-refractivity contribution is 0.0767. The second-order valence-electron chi connectivity index (χ2n) is 6.34. The second-order valence-corrected chi connectivity index (χ2v) is 6.34. The van der Waals surface area contributed by atoms with Gasteiger partial charge in [0.25, 0.3) is 5.91 Å². The summed E-state index contributed by atoms with van der Waals surface area (Å²) >= 11 is 0. The Labute approximate surface area is 158 Å². The monoisotopic (exact) mass is 372 g/mol. The number of aryl methyl sites for hydroxylation is 1. The van der Waals surface area contributed by atoms with Crippen LogP contribution in [0.5, 0.6) is 23.1 Å². The summed E-state index contributed by atoms with van der Waals surface area (Å²) in [6.07, 6.45) is 2.42. The molecule has 1 aromatic carbocycles. The summed E-state index contributed by atoms with van der Waals surface area (Å²) in [5.74, 6) is 1.73. The summed E-state index contributed by atoms with van der Waals surface area (Å²) in [6, 6.07) is 7.19. The first-order valence-corrected chi connectivity index (χ1v) is 8.75. The summed E-state index contributed by atoms with van der Waals surface area (Å²) in [5, 5.41) is 0. The number of amides is 1. The molecule has 1 amide bonds. The molecule has 3 rings (SSSR count). The van der Waals surface area contributed by atoms with Crippen molar-refractivity contribution in [1.29, 1.82) is 0 Å². The predicted molar refractivity (Wildman–Crippen MR) is 100 cm³/mol. The number of carbonyl (C=O) groups excluding carboxylic acids is 1. The molecule has 1 aromatic heterocycles. The van der Waals surface area contributed by atoms with Crippen LogP contribution < -0.4 is 18.9 Å². The number of hydrogen-bond donors (Lipinski definition) is 0. The Morgan fingerprint density at radius 2 is 1.85 bits per heavy atom. The molecule has 0 aliphatic carbocycles. The average Bonchev–Trinajstić information content (AvgIpc) is 3.16. The van der Waals surface area contributed by atoms with E-state index in [-0.39, 0.29) is 12.0 Å². The van der Waals surface area contributed by atoms with E-state index in [4.69, 9.17) is 18.9 Å². The molecule has 7 heteroatoms. The minimum absolute atomic E-state index is 0.0877. The van der Waals surface area contributed by atoms with Crippen molar-refractivity contribution in [2.45, 2.75) is 19.4 Å². The molecule has 1 fully saturated rings. The molecule has 7 nitrogen and oxygen atoms in total. The number of nitrogens with zero attached hydrogens (tertiary/aromatic N) is 2. The van der Waals surface area contributed by atoms with Crippen LogP contribution in [0.25, 0.3) is 0 Å². The van der Waals surface area contributed by atoms with Crippen molar-refractivity contribution in [3.63, 3.8) is 0 Å².